The van der Waals surface area contributed by atoms with E-state index in [4.69, 9.17) is 0 Å². The second-order valence-corrected chi connectivity index (χ2v) is 5.34. The van der Waals surface area contributed by atoms with Gasteiger partial charge in [-0.25, -0.2) is 4.98 Å². The molecule has 0 N–H and O–H groups in total. The van der Waals surface area contributed by atoms with Crippen LogP contribution in [0, 0.1) is 5.92 Å². The normalized spacial score (nSPS) is 20.0. The Balaban J connectivity index is 2.04. The molecular formula is C13H14BrN3O. The number of benzene rings is 1. The molecule has 1 aromatic heterocycles. The first-order valence-electron chi connectivity index (χ1n) is 5.98. The number of aromatic nitrogens is 2. The molecule has 1 saturated heterocycles. The fourth-order valence-electron chi connectivity index (χ4n) is 2.45. The van der Waals surface area contributed by atoms with Crippen molar-refractivity contribution in [1.29, 1.82) is 0 Å². The van der Waals surface area contributed by atoms with Crippen LogP contribution in [0.2, 0.25) is 0 Å². The van der Waals surface area contributed by atoms with E-state index in [0.717, 1.165) is 28.9 Å². The number of carbonyl (C=O) groups is 1. The summed E-state index contributed by atoms with van der Waals surface area (Å²) in [5, 5.41) is 0.860. The maximum atomic E-state index is 12.0. The van der Waals surface area contributed by atoms with Gasteiger partial charge in [-0.2, -0.15) is 0 Å². The van der Waals surface area contributed by atoms with Crippen LogP contribution in [0.25, 0.3) is 11.0 Å². The zero-order valence-electron chi connectivity index (χ0n) is 10.1. The lowest BCUT2D eigenvalue weighted by Crippen LogP contribution is -2.27. The van der Waals surface area contributed by atoms with E-state index in [9.17, 15) is 4.79 Å². The Morgan fingerprint density at radius 3 is 2.89 bits per heavy atom. The molecule has 1 aliphatic rings. The Morgan fingerprint density at radius 1 is 1.44 bits per heavy atom. The number of para-hydroxylation sites is 2. The van der Waals surface area contributed by atoms with Gasteiger partial charge in [0.15, 0.2) is 0 Å². The van der Waals surface area contributed by atoms with Gasteiger partial charge in [-0.1, -0.05) is 28.1 Å². The highest BCUT2D eigenvalue weighted by molar-refractivity contribution is 9.09. The number of carbonyl (C=O) groups excluding carboxylic acids is 1. The van der Waals surface area contributed by atoms with Crippen LogP contribution < -0.4 is 4.90 Å². The van der Waals surface area contributed by atoms with Crippen molar-refractivity contribution in [2.24, 2.45) is 13.0 Å². The monoisotopic (exact) mass is 307 g/mol. The van der Waals surface area contributed by atoms with E-state index >= 15 is 0 Å². The SMILES string of the molecule is Cn1c(N2CC(CBr)CC2=O)nc2ccccc21. The highest BCUT2D eigenvalue weighted by Crippen LogP contribution is 2.27. The van der Waals surface area contributed by atoms with Crippen LogP contribution in [0.3, 0.4) is 0 Å². The lowest BCUT2D eigenvalue weighted by molar-refractivity contribution is -0.117. The molecule has 1 atom stereocenters. The van der Waals surface area contributed by atoms with E-state index in [1.54, 1.807) is 4.90 Å². The summed E-state index contributed by atoms with van der Waals surface area (Å²) in [6, 6.07) is 7.95. The summed E-state index contributed by atoms with van der Waals surface area (Å²) in [4.78, 5) is 18.4. The Bertz CT molecular complexity index is 607. The second kappa shape index (κ2) is 4.39. The van der Waals surface area contributed by atoms with Gasteiger partial charge in [0.05, 0.1) is 11.0 Å². The zero-order chi connectivity index (χ0) is 12.7. The highest BCUT2D eigenvalue weighted by atomic mass is 79.9. The number of amides is 1. The fraction of sp³-hybridized carbons (Fsp3) is 0.385. The highest BCUT2D eigenvalue weighted by Gasteiger charge is 2.32. The van der Waals surface area contributed by atoms with Crippen molar-refractivity contribution in [2.75, 3.05) is 16.8 Å². The first kappa shape index (κ1) is 11.7. The van der Waals surface area contributed by atoms with Crippen molar-refractivity contribution in [3.05, 3.63) is 24.3 Å². The van der Waals surface area contributed by atoms with Gasteiger partial charge >= 0.3 is 0 Å². The zero-order valence-corrected chi connectivity index (χ0v) is 11.7. The molecule has 1 unspecified atom stereocenters. The third-order valence-electron chi connectivity index (χ3n) is 3.43. The molecule has 2 aromatic rings. The molecule has 0 radical (unpaired) electrons. The number of hydrogen-bond acceptors (Lipinski definition) is 2. The smallest absolute Gasteiger partial charge is 0.229 e. The predicted octanol–water partition coefficient (Wildman–Crippen LogP) is 2.32. The van der Waals surface area contributed by atoms with Gasteiger partial charge in [-0.15, -0.1) is 0 Å². The summed E-state index contributed by atoms with van der Waals surface area (Å²) in [7, 11) is 1.96. The van der Waals surface area contributed by atoms with Gasteiger partial charge < -0.3 is 4.57 Å². The lowest BCUT2D eigenvalue weighted by Gasteiger charge is -2.15. The van der Waals surface area contributed by atoms with Crippen molar-refractivity contribution in [3.8, 4) is 0 Å². The Kier molecular flexibility index (Phi) is 2.86. The number of fused-ring (bicyclic) bond motifs is 1. The van der Waals surface area contributed by atoms with Crippen molar-refractivity contribution < 1.29 is 4.79 Å². The Hall–Kier alpha value is -1.36. The number of nitrogens with zero attached hydrogens (tertiary/aromatic N) is 3. The van der Waals surface area contributed by atoms with Crippen LogP contribution in [0.5, 0.6) is 0 Å². The van der Waals surface area contributed by atoms with Crippen molar-refractivity contribution in [3.63, 3.8) is 0 Å². The van der Waals surface area contributed by atoms with Gasteiger partial charge in [0.25, 0.3) is 0 Å². The quantitative estimate of drug-likeness (QED) is 0.799. The summed E-state index contributed by atoms with van der Waals surface area (Å²) in [6.07, 6.45) is 0.606. The summed E-state index contributed by atoms with van der Waals surface area (Å²) in [5.74, 6) is 1.31. The van der Waals surface area contributed by atoms with Crippen LogP contribution in [0.1, 0.15) is 6.42 Å². The average Bonchev–Trinajstić information content (AvgIpc) is 2.91. The molecule has 1 aliphatic heterocycles. The molecule has 0 aliphatic carbocycles. The number of aryl methyl sites for hydroxylation is 1. The summed E-state index contributed by atoms with van der Waals surface area (Å²) < 4.78 is 1.99. The number of alkyl halides is 1. The van der Waals surface area contributed by atoms with E-state index in [2.05, 4.69) is 20.9 Å². The van der Waals surface area contributed by atoms with E-state index < -0.39 is 0 Å². The molecule has 1 fully saturated rings. The largest absolute Gasteiger partial charge is 0.313 e. The minimum Gasteiger partial charge on any atom is -0.313 e. The molecule has 5 heteroatoms. The third kappa shape index (κ3) is 1.73. The minimum atomic E-state index is 0.165. The van der Waals surface area contributed by atoms with Crippen LogP contribution in [-0.2, 0) is 11.8 Å². The first-order valence-corrected chi connectivity index (χ1v) is 7.10. The predicted molar refractivity (Wildman–Crippen MR) is 75.0 cm³/mol. The number of anilines is 1. The molecule has 18 heavy (non-hydrogen) atoms. The standard InChI is InChI=1S/C13H14BrN3O/c1-16-11-5-3-2-4-10(11)15-13(16)17-8-9(7-14)6-12(17)18/h2-5,9H,6-8H2,1H3. The summed E-state index contributed by atoms with van der Waals surface area (Å²) in [5.41, 5.74) is 1.99. The number of halogens is 1. The Morgan fingerprint density at radius 2 is 2.22 bits per heavy atom. The van der Waals surface area contributed by atoms with Crippen molar-refractivity contribution in [1.82, 2.24) is 9.55 Å². The van der Waals surface area contributed by atoms with Gasteiger partial charge in [-0.05, 0) is 18.1 Å². The Labute approximate surface area is 114 Å². The summed E-state index contributed by atoms with van der Waals surface area (Å²) >= 11 is 3.45. The first-order chi connectivity index (χ1) is 8.70. The van der Waals surface area contributed by atoms with Crippen molar-refractivity contribution >= 4 is 38.8 Å². The van der Waals surface area contributed by atoms with Crippen LogP contribution in [-0.4, -0.2) is 27.3 Å². The van der Waals surface area contributed by atoms with Crippen LogP contribution in [0.15, 0.2) is 24.3 Å². The molecule has 2 heterocycles. The van der Waals surface area contributed by atoms with E-state index in [1.807, 2.05) is 35.9 Å². The van der Waals surface area contributed by atoms with Crippen molar-refractivity contribution in [2.45, 2.75) is 6.42 Å². The van der Waals surface area contributed by atoms with E-state index in [-0.39, 0.29) is 5.91 Å². The lowest BCUT2D eigenvalue weighted by atomic mass is 10.2. The molecule has 4 nitrogen and oxygen atoms in total. The molecule has 0 spiro atoms. The minimum absolute atomic E-state index is 0.165. The average molecular weight is 308 g/mol. The molecule has 1 aromatic carbocycles. The molecule has 0 bridgehead atoms. The summed E-state index contributed by atoms with van der Waals surface area (Å²) in [6.45, 7) is 0.751. The fourth-order valence-corrected chi connectivity index (χ4v) is 2.89. The van der Waals surface area contributed by atoms with Gasteiger partial charge in [0, 0.05) is 25.3 Å². The third-order valence-corrected chi connectivity index (χ3v) is 4.34. The van der Waals surface area contributed by atoms with Crippen LogP contribution in [0.4, 0.5) is 5.95 Å². The number of hydrogen-bond donors (Lipinski definition) is 0. The number of rotatable bonds is 2. The van der Waals surface area contributed by atoms with Crippen LogP contribution >= 0.6 is 15.9 Å². The van der Waals surface area contributed by atoms with Gasteiger partial charge in [0.2, 0.25) is 11.9 Å². The maximum Gasteiger partial charge on any atom is 0.229 e. The molecule has 1 amide bonds. The van der Waals surface area contributed by atoms with Gasteiger partial charge in [-0.3, -0.25) is 9.69 Å². The topological polar surface area (TPSA) is 38.1 Å². The molecule has 94 valence electrons. The van der Waals surface area contributed by atoms with Gasteiger partial charge in [0.1, 0.15) is 0 Å². The molecular weight excluding hydrogens is 294 g/mol. The van der Waals surface area contributed by atoms with E-state index in [0.29, 0.717) is 12.3 Å². The van der Waals surface area contributed by atoms with E-state index in [1.165, 1.54) is 0 Å². The molecule has 0 saturated carbocycles. The maximum absolute atomic E-state index is 12.0. The molecule has 3 rings (SSSR count). The number of imidazole rings is 1. The second-order valence-electron chi connectivity index (χ2n) is 4.69.